The lowest BCUT2D eigenvalue weighted by Gasteiger charge is -2.12. The molecule has 0 spiro atoms. The Kier molecular flexibility index (Phi) is 7.99. The molecule has 6 nitrogen and oxygen atoms in total. The number of carbonyl (C=O) groups is 1. The molecule has 1 N–H and O–H groups in total. The molecule has 0 aliphatic rings. The number of allylic oxidation sites excluding steroid dienone is 1. The number of amides is 1. The highest BCUT2D eigenvalue weighted by Crippen LogP contribution is 2.27. The highest BCUT2D eigenvalue weighted by molar-refractivity contribution is 7.99. The van der Waals surface area contributed by atoms with Gasteiger partial charge in [0.05, 0.1) is 5.75 Å². The molecule has 0 unspecified atom stereocenters. The first-order chi connectivity index (χ1) is 15.3. The maximum Gasteiger partial charge on any atom is 0.234 e. The largest absolute Gasteiger partial charge is 0.486 e. The highest BCUT2D eigenvalue weighted by Gasteiger charge is 2.15. The standard InChI is InChI=1S/C24H27ClN4O2S/c1-6-10-29-20(13-31-19-11-17(4)22(25)18(5)12-19)27-28-24(29)32-14-21(30)26-23-15(2)8-7-9-16(23)3/h6-9,11-12H,1,10,13-14H2,2-5H3,(H,26,30). The summed E-state index contributed by atoms with van der Waals surface area (Å²) in [5.74, 6) is 1.51. The number of carbonyl (C=O) groups excluding carboxylic acids is 1. The second-order valence-electron chi connectivity index (χ2n) is 7.56. The normalized spacial score (nSPS) is 10.8. The van der Waals surface area contributed by atoms with Crippen molar-refractivity contribution in [2.75, 3.05) is 11.1 Å². The zero-order chi connectivity index (χ0) is 23.3. The number of nitrogens with zero attached hydrogens (tertiary/aromatic N) is 3. The van der Waals surface area contributed by atoms with E-state index >= 15 is 0 Å². The number of hydrogen-bond donors (Lipinski definition) is 1. The van der Waals surface area contributed by atoms with Crippen molar-refractivity contribution in [2.24, 2.45) is 0 Å². The van der Waals surface area contributed by atoms with Crippen LogP contribution < -0.4 is 10.1 Å². The number of anilines is 1. The van der Waals surface area contributed by atoms with Crippen LogP contribution in [0.15, 0.2) is 48.1 Å². The number of aryl methyl sites for hydroxylation is 4. The van der Waals surface area contributed by atoms with Crippen LogP contribution >= 0.6 is 23.4 Å². The molecule has 1 aromatic heterocycles. The van der Waals surface area contributed by atoms with Crippen molar-refractivity contribution in [3.8, 4) is 5.75 Å². The average molecular weight is 471 g/mol. The van der Waals surface area contributed by atoms with Gasteiger partial charge in [0, 0.05) is 17.3 Å². The second kappa shape index (κ2) is 10.7. The number of benzene rings is 2. The Hall–Kier alpha value is -2.77. The molecule has 8 heteroatoms. The molecule has 0 fully saturated rings. The van der Waals surface area contributed by atoms with Gasteiger partial charge in [0.25, 0.3) is 0 Å². The van der Waals surface area contributed by atoms with E-state index < -0.39 is 0 Å². The van der Waals surface area contributed by atoms with Crippen molar-refractivity contribution < 1.29 is 9.53 Å². The van der Waals surface area contributed by atoms with Gasteiger partial charge < -0.3 is 10.1 Å². The van der Waals surface area contributed by atoms with E-state index in [4.69, 9.17) is 16.3 Å². The molecule has 168 valence electrons. The van der Waals surface area contributed by atoms with Crippen LogP contribution in [0.3, 0.4) is 0 Å². The van der Waals surface area contributed by atoms with Crippen molar-refractivity contribution in [3.05, 3.63) is 76.1 Å². The number of nitrogens with one attached hydrogen (secondary N) is 1. The fourth-order valence-corrected chi connectivity index (χ4v) is 4.18. The molecule has 0 bridgehead atoms. The van der Waals surface area contributed by atoms with Crippen molar-refractivity contribution in [1.82, 2.24) is 14.8 Å². The Morgan fingerprint density at radius 2 is 1.81 bits per heavy atom. The van der Waals surface area contributed by atoms with E-state index in [2.05, 4.69) is 22.1 Å². The fourth-order valence-electron chi connectivity index (χ4n) is 3.30. The molecule has 32 heavy (non-hydrogen) atoms. The molecule has 1 amide bonds. The first-order valence-corrected chi connectivity index (χ1v) is 11.6. The molecule has 2 aromatic carbocycles. The predicted octanol–water partition coefficient (Wildman–Crippen LogP) is 5.66. The summed E-state index contributed by atoms with van der Waals surface area (Å²) in [5.41, 5.74) is 4.84. The van der Waals surface area contributed by atoms with Crippen LogP contribution in [0.1, 0.15) is 28.1 Å². The van der Waals surface area contributed by atoms with Gasteiger partial charge in [-0.25, -0.2) is 0 Å². The van der Waals surface area contributed by atoms with Crippen LogP contribution in [0.5, 0.6) is 5.75 Å². The molecular weight excluding hydrogens is 444 g/mol. The smallest absolute Gasteiger partial charge is 0.234 e. The van der Waals surface area contributed by atoms with E-state index in [9.17, 15) is 4.79 Å². The highest BCUT2D eigenvalue weighted by atomic mass is 35.5. The van der Waals surface area contributed by atoms with Crippen LogP contribution in [-0.4, -0.2) is 26.4 Å². The molecule has 0 radical (unpaired) electrons. The van der Waals surface area contributed by atoms with Crippen molar-refractivity contribution in [3.63, 3.8) is 0 Å². The minimum Gasteiger partial charge on any atom is -0.486 e. The molecule has 3 aromatic rings. The Labute approximate surface area is 198 Å². The molecule has 1 heterocycles. The van der Waals surface area contributed by atoms with Gasteiger partial charge in [-0.2, -0.15) is 0 Å². The maximum atomic E-state index is 12.5. The monoisotopic (exact) mass is 470 g/mol. The van der Waals surface area contributed by atoms with Gasteiger partial charge in [0.15, 0.2) is 11.0 Å². The van der Waals surface area contributed by atoms with Crippen molar-refractivity contribution >= 4 is 35.0 Å². The molecular formula is C24H27ClN4O2S. The Bertz CT molecular complexity index is 1100. The molecule has 3 rings (SSSR count). The van der Waals surface area contributed by atoms with Gasteiger partial charge in [0.2, 0.25) is 5.91 Å². The lowest BCUT2D eigenvalue weighted by atomic mass is 10.1. The number of ether oxygens (including phenoxy) is 1. The number of thioether (sulfide) groups is 1. The van der Waals surface area contributed by atoms with Crippen LogP contribution in [0.25, 0.3) is 0 Å². The van der Waals surface area contributed by atoms with Crippen molar-refractivity contribution in [2.45, 2.75) is 46.0 Å². The second-order valence-corrected chi connectivity index (χ2v) is 8.88. The number of hydrogen-bond acceptors (Lipinski definition) is 5. The lowest BCUT2D eigenvalue weighted by Crippen LogP contribution is -2.16. The quantitative estimate of drug-likeness (QED) is 0.322. The van der Waals surface area contributed by atoms with Gasteiger partial charge in [-0.15, -0.1) is 16.8 Å². The lowest BCUT2D eigenvalue weighted by molar-refractivity contribution is -0.113. The number of aromatic nitrogens is 3. The Morgan fingerprint density at radius 1 is 1.16 bits per heavy atom. The summed E-state index contributed by atoms with van der Waals surface area (Å²) in [4.78, 5) is 12.5. The van der Waals surface area contributed by atoms with E-state index in [0.29, 0.717) is 17.5 Å². The summed E-state index contributed by atoms with van der Waals surface area (Å²) in [5, 5.41) is 12.9. The van der Waals surface area contributed by atoms with Crippen LogP contribution in [-0.2, 0) is 17.9 Å². The summed E-state index contributed by atoms with van der Waals surface area (Å²) in [6, 6.07) is 9.73. The van der Waals surface area contributed by atoms with Gasteiger partial charge >= 0.3 is 0 Å². The summed E-state index contributed by atoms with van der Waals surface area (Å²) in [6.45, 7) is 12.4. The number of para-hydroxylation sites is 1. The van der Waals surface area contributed by atoms with Gasteiger partial charge in [-0.1, -0.05) is 47.6 Å². The Balaban J connectivity index is 1.66. The third kappa shape index (κ3) is 5.72. The van der Waals surface area contributed by atoms with Gasteiger partial charge in [-0.3, -0.25) is 9.36 Å². The number of rotatable bonds is 9. The van der Waals surface area contributed by atoms with Crippen molar-refractivity contribution in [1.29, 1.82) is 0 Å². The zero-order valence-corrected chi connectivity index (χ0v) is 20.3. The van der Waals surface area contributed by atoms with E-state index in [1.54, 1.807) is 6.08 Å². The summed E-state index contributed by atoms with van der Waals surface area (Å²) >= 11 is 7.57. The van der Waals surface area contributed by atoms with E-state index in [1.807, 2.05) is 62.6 Å². The predicted molar refractivity (Wildman–Crippen MR) is 131 cm³/mol. The fraction of sp³-hybridized carbons (Fsp3) is 0.292. The molecule has 0 saturated carbocycles. The number of halogens is 1. The molecule has 0 saturated heterocycles. The van der Waals surface area contributed by atoms with Gasteiger partial charge in [-0.05, 0) is 62.1 Å². The first kappa shape index (κ1) is 23.9. The molecule has 0 aliphatic carbocycles. The first-order valence-electron chi connectivity index (χ1n) is 10.2. The zero-order valence-electron chi connectivity index (χ0n) is 18.7. The summed E-state index contributed by atoms with van der Waals surface area (Å²) < 4.78 is 7.84. The maximum absolute atomic E-state index is 12.5. The minimum atomic E-state index is -0.0922. The summed E-state index contributed by atoms with van der Waals surface area (Å²) in [7, 11) is 0. The topological polar surface area (TPSA) is 69.0 Å². The van der Waals surface area contributed by atoms with Crippen LogP contribution in [0.4, 0.5) is 5.69 Å². The van der Waals surface area contributed by atoms with Crippen LogP contribution in [0.2, 0.25) is 5.02 Å². The van der Waals surface area contributed by atoms with Gasteiger partial charge in [0.1, 0.15) is 12.4 Å². The SMILES string of the molecule is C=CCn1c(COc2cc(C)c(Cl)c(C)c2)nnc1SCC(=O)Nc1c(C)cccc1C. The Morgan fingerprint density at radius 3 is 2.44 bits per heavy atom. The third-order valence-electron chi connectivity index (χ3n) is 4.96. The minimum absolute atomic E-state index is 0.0922. The molecule has 0 aliphatic heterocycles. The van der Waals surface area contributed by atoms with E-state index in [0.717, 1.165) is 38.7 Å². The summed E-state index contributed by atoms with van der Waals surface area (Å²) in [6.07, 6.45) is 1.77. The average Bonchev–Trinajstić information content (AvgIpc) is 3.13. The van der Waals surface area contributed by atoms with E-state index in [-0.39, 0.29) is 18.3 Å². The molecule has 0 atom stereocenters. The third-order valence-corrected chi connectivity index (χ3v) is 6.52. The van der Waals surface area contributed by atoms with E-state index in [1.165, 1.54) is 11.8 Å². The van der Waals surface area contributed by atoms with Crippen LogP contribution in [0, 0.1) is 27.7 Å².